The van der Waals surface area contributed by atoms with Crippen LogP contribution in [0.4, 0.5) is 17.6 Å². The van der Waals surface area contributed by atoms with Crippen molar-refractivity contribution in [3.63, 3.8) is 0 Å². The van der Waals surface area contributed by atoms with E-state index in [4.69, 9.17) is 0 Å². The number of hydrogen-bond acceptors (Lipinski definition) is 4. The Morgan fingerprint density at radius 2 is 1.07 bits per heavy atom. The van der Waals surface area contributed by atoms with Crippen molar-refractivity contribution in [1.29, 1.82) is 0 Å². The minimum Gasteiger partial charge on any atom is -1.00 e. The van der Waals surface area contributed by atoms with Gasteiger partial charge in [0.1, 0.15) is 0 Å². The van der Waals surface area contributed by atoms with Gasteiger partial charge in [0.25, 0.3) is 20.0 Å². The van der Waals surface area contributed by atoms with Gasteiger partial charge in [0.15, 0.2) is 0 Å². The van der Waals surface area contributed by atoms with Crippen LogP contribution in [-0.2, 0) is 20.0 Å². The van der Waals surface area contributed by atoms with Crippen LogP contribution in [0.5, 0.6) is 0 Å². The van der Waals surface area contributed by atoms with Gasteiger partial charge in [-0.3, -0.25) is 0 Å². The Hall–Kier alpha value is 0.177. The predicted molar refractivity (Wildman–Crippen MR) is 32.0 cm³/mol. The molecule has 0 saturated carbocycles. The fourth-order valence-corrected chi connectivity index (χ4v) is 3.84. The van der Waals surface area contributed by atoms with Crippen LogP contribution in [0.25, 0.3) is 0 Å². The third kappa shape index (κ3) is 1.38. The first-order valence-corrected chi connectivity index (χ1v) is 5.46. The van der Waals surface area contributed by atoms with Gasteiger partial charge >= 0.3 is 29.4 Å². The molecular formula is C2H2F4LiNO4S2. The average Bonchev–Trinajstić information content (AvgIpc) is 1.88. The fraction of sp³-hybridized carbons (Fsp3) is 1.00. The van der Waals surface area contributed by atoms with Crippen LogP contribution in [-0.4, -0.2) is 27.3 Å². The second kappa shape index (κ2) is 3.08. The van der Waals surface area contributed by atoms with Gasteiger partial charge in [0.05, 0.1) is 0 Å². The maximum Gasteiger partial charge on any atom is 1.00 e. The summed E-state index contributed by atoms with van der Waals surface area (Å²) in [6.07, 6.45) is 0. The first-order chi connectivity index (χ1) is 5.46. The third-order valence-electron chi connectivity index (χ3n) is 1.23. The molecule has 1 fully saturated rings. The second-order valence-electron chi connectivity index (χ2n) is 2.12. The van der Waals surface area contributed by atoms with Crippen LogP contribution in [0.2, 0.25) is 0 Å². The van der Waals surface area contributed by atoms with Crippen molar-refractivity contribution in [3.8, 4) is 0 Å². The van der Waals surface area contributed by atoms with Crippen LogP contribution in [0.1, 0.15) is 1.43 Å². The van der Waals surface area contributed by atoms with Crippen molar-refractivity contribution in [3.05, 3.63) is 0 Å². The zero-order valence-corrected chi connectivity index (χ0v) is 8.09. The van der Waals surface area contributed by atoms with Crippen LogP contribution >= 0.6 is 0 Å². The van der Waals surface area contributed by atoms with Gasteiger partial charge in [-0.1, -0.05) is 4.13 Å². The van der Waals surface area contributed by atoms with Gasteiger partial charge in [0.2, 0.25) is 0 Å². The molecule has 1 heterocycles. The number of sulfonamides is 2. The zero-order valence-electron chi connectivity index (χ0n) is 7.46. The second-order valence-corrected chi connectivity index (χ2v) is 5.83. The molecule has 0 spiro atoms. The summed E-state index contributed by atoms with van der Waals surface area (Å²) in [5.41, 5.74) is 0. The number of alkyl halides is 4. The standard InChI is InChI=1S/C2HF4NO4S2.Li.H/c3-1(4)2(5,6)13(10,11)7-12(1,8)9;;/h7H;;/q;+1;-1. The number of rotatable bonds is 0. The van der Waals surface area contributed by atoms with Gasteiger partial charge in [-0.05, 0) is 0 Å². The average molecular weight is 251 g/mol. The first kappa shape index (κ1) is 14.2. The van der Waals surface area contributed by atoms with Crippen molar-refractivity contribution < 1.29 is 54.7 Å². The zero-order chi connectivity index (χ0) is 10.7. The molecule has 0 radical (unpaired) electrons. The van der Waals surface area contributed by atoms with Gasteiger partial charge in [-0.15, -0.1) is 0 Å². The predicted octanol–water partition coefficient (Wildman–Crippen LogP) is -3.45. The molecule has 80 valence electrons. The maximum absolute atomic E-state index is 12.2. The molecule has 0 unspecified atom stereocenters. The van der Waals surface area contributed by atoms with E-state index in [1.165, 1.54) is 0 Å². The van der Waals surface area contributed by atoms with Gasteiger partial charge in [0, 0.05) is 0 Å². The molecule has 1 rings (SSSR count). The molecular weight excluding hydrogens is 249 g/mol. The minimum absolute atomic E-state index is 0. The van der Waals surface area contributed by atoms with Crippen LogP contribution in [0.3, 0.4) is 0 Å². The normalized spacial score (nSPS) is 30.6. The van der Waals surface area contributed by atoms with Crippen molar-refractivity contribution in [2.75, 3.05) is 0 Å². The van der Waals surface area contributed by atoms with E-state index in [1.54, 1.807) is 0 Å². The summed E-state index contributed by atoms with van der Waals surface area (Å²) < 4.78 is 89.8. The van der Waals surface area contributed by atoms with Gasteiger partial charge < -0.3 is 1.43 Å². The molecule has 0 atom stereocenters. The molecule has 1 aliphatic heterocycles. The molecule has 0 aromatic rings. The van der Waals surface area contributed by atoms with Crippen molar-refractivity contribution in [2.24, 2.45) is 0 Å². The number of nitrogens with one attached hydrogen (secondary N) is 1. The Kier molecular flexibility index (Phi) is 3.12. The molecule has 0 aromatic heterocycles. The van der Waals surface area contributed by atoms with Crippen molar-refractivity contribution >= 4 is 20.0 Å². The smallest absolute Gasteiger partial charge is 1.00 e. The summed E-state index contributed by atoms with van der Waals surface area (Å²) in [6, 6.07) is 0. The SMILES string of the molecule is O=S1(=O)NS(=O)(=O)C(F)(F)C1(F)F.[H-].[Li+]. The Morgan fingerprint density at radius 3 is 1.14 bits per heavy atom. The number of hydrogen-bond donors (Lipinski definition) is 1. The molecule has 0 amide bonds. The van der Waals surface area contributed by atoms with E-state index < -0.39 is 30.6 Å². The van der Waals surface area contributed by atoms with Gasteiger partial charge in [-0.25, -0.2) is 16.8 Å². The molecule has 0 bridgehead atoms. The molecule has 5 nitrogen and oxygen atoms in total. The van der Waals surface area contributed by atoms with Gasteiger partial charge in [-0.2, -0.15) is 17.6 Å². The quantitative estimate of drug-likeness (QED) is 0.358. The van der Waals surface area contributed by atoms with E-state index in [9.17, 15) is 34.4 Å². The van der Waals surface area contributed by atoms with E-state index in [0.717, 1.165) is 0 Å². The van der Waals surface area contributed by atoms with E-state index in [-0.39, 0.29) is 24.4 Å². The summed E-state index contributed by atoms with van der Waals surface area (Å²) in [6.45, 7) is 0. The Morgan fingerprint density at radius 1 is 0.857 bits per heavy atom. The topological polar surface area (TPSA) is 80.3 Å². The molecule has 1 saturated heterocycles. The first-order valence-electron chi connectivity index (χ1n) is 2.49. The van der Waals surface area contributed by atoms with Crippen LogP contribution < -0.4 is 23.0 Å². The van der Waals surface area contributed by atoms with E-state index in [0.29, 0.717) is 0 Å². The molecule has 1 N–H and O–H groups in total. The maximum atomic E-state index is 12.2. The van der Waals surface area contributed by atoms with E-state index >= 15 is 0 Å². The minimum atomic E-state index is -5.86. The Bertz CT molecular complexity index is 403. The largest absolute Gasteiger partial charge is 1.00 e. The van der Waals surface area contributed by atoms with Crippen molar-refractivity contribution in [2.45, 2.75) is 10.5 Å². The fourth-order valence-electron chi connectivity index (χ4n) is 0.562. The number of halogens is 4. The molecule has 12 heteroatoms. The van der Waals surface area contributed by atoms with E-state index in [1.807, 2.05) is 0 Å². The summed E-state index contributed by atoms with van der Waals surface area (Å²) in [5.74, 6) is 0. The van der Waals surface area contributed by atoms with Crippen molar-refractivity contribution in [1.82, 2.24) is 4.13 Å². The molecule has 1 aliphatic rings. The summed E-state index contributed by atoms with van der Waals surface area (Å²) in [5, 5.41) is -11.3. The van der Waals surface area contributed by atoms with E-state index in [2.05, 4.69) is 0 Å². The van der Waals surface area contributed by atoms with Crippen LogP contribution in [0, 0.1) is 0 Å². The summed E-state index contributed by atoms with van der Waals surface area (Å²) in [7, 11) is -11.7. The third-order valence-corrected chi connectivity index (χ3v) is 4.98. The summed E-state index contributed by atoms with van der Waals surface area (Å²) >= 11 is 0. The Labute approximate surface area is 89.6 Å². The molecule has 0 aliphatic carbocycles. The Balaban J connectivity index is 0. The molecule has 0 aromatic carbocycles. The molecule has 14 heavy (non-hydrogen) atoms. The van der Waals surface area contributed by atoms with Crippen LogP contribution in [0.15, 0.2) is 0 Å². The monoisotopic (exact) mass is 251 g/mol. The summed E-state index contributed by atoms with van der Waals surface area (Å²) in [4.78, 5) is 0.